The fourth-order valence-electron chi connectivity index (χ4n) is 3.50. The summed E-state index contributed by atoms with van der Waals surface area (Å²) in [7, 11) is 3.19. The Labute approximate surface area is 168 Å². The van der Waals surface area contributed by atoms with E-state index < -0.39 is 10.7 Å². The third-order valence-corrected chi connectivity index (χ3v) is 4.95. The van der Waals surface area contributed by atoms with Crippen molar-refractivity contribution in [3.05, 3.63) is 99.6 Å². The van der Waals surface area contributed by atoms with E-state index in [-0.39, 0.29) is 5.69 Å². The second kappa shape index (κ2) is 7.41. The molecule has 0 bridgehead atoms. The first-order valence-electron chi connectivity index (χ1n) is 9.02. The molecule has 0 aromatic heterocycles. The average molecular weight is 389 g/mol. The molecule has 0 aliphatic carbocycles. The van der Waals surface area contributed by atoms with Crippen LogP contribution in [0.15, 0.2) is 72.8 Å². The van der Waals surface area contributed by atoms with Gasteiger partial charge in [-0.1, -0.05) is 30.3 Å². The van der Waals surface area contributed by atoms with Crippen LogP contribution in [0.4, 0.5) is 5.69 Å². The summed E-state index contributed by atoms with van der Waals surface area (Å²) in [6.07, 6.45) is 1.88. The number of hydrogen-bond acceptors (Lipinski definition) is 5. The maximum Gasteiger partial charge on any atom is 0.270 e. The Balaban J connectivity index is 1.94. The monoisotopic (exact) mass is 389 g/mol. The number of nitro groups is 1. The Kier molecular flexibility index (Phi) is 4.78. The highest BCUT2D eigenvalue weighted by atomic mass is 16.7. The van der Waals surface area contributed by atoms with E-state index in [2.05, 4.69) is 0 Å². The van der Waals surface area contributed by atoms with E-state index in [9.17, 15) is 10.1 Å². The maximum absolute atomic E-state index is 11.2. The van der Waals surface area contributed by atoms with Gasteiger partial charge in [-0.2, -0.15) is 0 Å². The molecule has 146 valence electrons. The number of methoxy groups -OCH3 is 2. The first-order chi connectivity index (χ1) is 14.1. The SMILES string of the molecule is COc1ccc(C2(OC)Oc3ccc([N+](=O)[O-])cc3C=C2c2ccccc2)cc1. The molecule has 1 atom stereocenters. The van der Waals surface area contributed by atoms with Gasteiger partial charge in [0.15, 0.2) is 0 Å². The zero-order valence-electron chi connectivity index (χ0n) is 16.0. The molecule has 3 aromatic carbocycles. The van der Waals surface area contributed by atoms with Crippen LogP contribution in [-0.2, 0) is 10.5 Å². The van der Waals surface area contributed by atoms with Gasteiger partial charge in [0.2, 0.25) is 0 Å². The molecule has 6 nitrogen and oxygen atoms in total. The molecule has 0 spiro atoms. The van der Waals surface area contributed by atoms with E-state index in [4.69, 9.17) is 14.2 Å². The molecule has 1 heterocycles. The molecule has 0 N–H and O–H groups in total. The van der Waals surface area contributed by atoms with Crippen LogP contribution in [0, 0.1) is 10.1 Å². The van der Waals surface area contributed by atoms with E-state index in [1.165, 1.54) is 12.1 Å². The van der Waals surface area contributed by atoms with Crippen LogP contribution in [-0.4, -0.2) is 19.1 Å². The highest BCUT2D eigenvalue weighted by Gasteiger charge is 2.43. The summed E-state index contributed by atoms with van der Waals surface area (Å²) >= 11 is 0. The van der Waals surface area contributed by atoms with Crippen molar-refractivity contribution in [3.63, 3.8) is 0 Å². The number of ether oxygens (including phenoxy) is 3. The lowest BCUT2D eigenvalue weighted by atomic mass is 9.87. The van der Waals surface area contributed by atoms with Gasteiger partial charge in [-0.05, 0) is 42.0 Å². The molecule has 1 aliphatic rings. The van der Waals surface area contributed by atoms with Crippen molar-refractivity contribution in [3.8, 4) is 11.5 Å². The first kappa shape index (κ1) is 18.7. The third kappa shape index (κ3) is 3.23. The molecule has 0 fully saturated rings. The van der Waals surface area contributed by atoms with Crippen molar-refractivity contribution in [1.29, 1.82) is 0 Å². The minimum atomic E-state index is -1.21. The molecule has 1 unspecified atom stereocenters. The zero-order valence-corrected chi connectivity index (χ0v) is 16.0. The number of nitro benzene ring substituents is 1. The van der Waals surface area contributed by atoms with Gasteiger partial charge in [0.25, 0.3) is 11.5 Å². The smallest absolute Gasteiger partial charge is 0.270 e. The summed E-state index contributed by atoms with van der Waals surface area (Å²) in [5, 5.41) is 11.2. The Hall–Kier alpha value is -3.64. The molecule has 29 heavy (non-hydrogen) atoms. The highest BCUT2D eigenvalue weighted by molar-refractivity contribution is 5.90. The van der Waals surface area contributed by atoms with Gasteiger partial charge in [-0.3, -0.25) is 10.1 Å². The van der Waals surface area contributed by atoms with Crippen LogP contribution in [0.3, 0.4) is 0 Å². The quantitative estimate of drug-likeness (QED) is 0.452. The summed E-state index contributed by atoms with van der Waals surface area (Å²) in [4.78, 5) is 10.8. The predicted molar refractivity (Wildman–Crippen MR) is 110 cm³/mol. The van der Waals surface area contributed by atoms with Crippen molar-refractivity contribution in [2.45, 2.75) is 5.79 Å². The lowest BCUT2D eigenvalue weighted by molar-refractivity contribution is -0.384. The number of nitrogens with zero attached hydrogens (tertiary/aromatic N) is 1. The molecule has 0 saturated heterocycles. The standard InChI is InChI=1S/C23H19NO5/c1-27-20-11-8-18(9-12-20)23(28-2)21(16-6-4-3-5-7-16)15-17-14-19(24(25)26)10-13-22(17)29-23/h3-15H,1-2H3. The molecule has 4 rings (SSSR count). The van der Waals surface area contributed by atoms with Crippen LogP contribution in [0.2, 0.25) is 0 Å². The van der Waals surface area contributed by atoms with Gasteiger partial charge in [0.05, 0.1) is 12.0 Å². The molecule has 6 heteroatoms. The second-order valence-corrected chi connectivity index (χ2v) is 6.55. The Morgan fingerprint density at radius 1 is 0.966 bits per heavy atom. The number of non-ortho nitro benzene ring substituents is 1. The predicted octanol–water partition coefficient (Wildman–Crippen LogP) is 5.04. The van der Waals surface area contributed by atoms with E-state index >= 15 is 0 Å². The fraction of sp³-hybridized carbons (Fsp3) is 0.130. The Morgan fingerprint density at radius 3 is 2.31 bits per heavy atom. The molecule has 3 aromatic rings. The van der Waals surface area contributed by atoms with E-state index in [0.29, 0.717) is 11.3 Å². The zero-order chi connectivity index (χ0) is 20.4. The summed E-state index contributed by atoms with van der Waals surface area (Å²) < 4.78 is 17.6. The topological polar surface area (TPSA) is 70.8 Å². The van der Waals surface area contributed by atoms with Crippen LogP contribution in [0.1, 0.15) is 16.7 Å². The van der Waals surface area contributed by atoms with Gasteiger partial charge in [0, 0.05) is 35.9 Å². The Bertz CT molecular complexity index is 1080. The fourth-order valence-corrected chi connectivity index (χ4v) is 3.50. The summed E-state index contributed by atoms with van der Waals surface area (Å²) in [5.41, 5.74) is 3.05. The minimum Gasteiger partial charge on any atom is -0.497 e. The highest BCUT2D eigenvalue weighted by Crippen LogP contribution is 2.47. The van der Waals surface area contributed by atoms with Crippen LogP contribution < -0.4 is 9.47 Å². The summed E-state index contributed by atoms with van der Waals surface area (Å²) in [6, 6.07) is 21.7. The van der Waals surface area contributed by atoms with Crippen molar-refractivity contribution >= 4 is 17.3 Å². The minimum absolute atomic E-state index is 0.00498. The number of rotatable bonds is 5. The summed E-state index contributed by atoms with van der Waals surface area (Å²) in [6.45, 7) is 0. The lowest BCUT2D eigenvalue weighted by Crippen LogP contribution is -2.38. The van der Waals surface area contributed by atoms with Crippen LogP contribution in [0.25, 0.3) is 11.6 Å². The van der Waals surface area contributed by atoms with Crippen LogP contribution >= 0.6 is 0 Å². The second-order valence-electron chi connectivity index (χ2n) is 6.55. The van der Waals surface area contributed by atoms with Crippen LogP contribution in [0.5, 0.6) is 11.5 Å². The van der Waals surface area contributed by atoms with Gasteiger partial charge in [0.1, 0.15) is 11.5 Å². The molecule has 0 radical (unpaired) electrons. The first-order valence-corrected chi connectivity index (χ1v) is 9.02. The van der Waals surface area contributed by atoms with Gasteiger partial charge in [-0.15, -0.1) is 0 Å². The molecular weight excluding hydrogens is 370 g/mol. The molecular formula is C23H19NO5. The average Bonchev–Trinajstić information content (AvgIpc) is 2.78. The number of benzene rings is 3. The van der Waals surface area contributed by atoms with Gasteiger partial charge in [-0.25, -0.2) is 0 Å². The largest absolute Gasteiger partial charge is 0.497 e. The maximum atomic E-state index is 11.2. The van der Waals surface area contributed by atoms with Crippen molar-refractivity contribution in [2.75, 3.05) is 14.2 Å². The lowest BCUT2D eigenvalue weighted by Gasteiger charge is -2.39. The molecule has 0 saturated carbocycles. The third-order valence-electron chi connectivity index (χ3n) is 4.95. The summed E-state index contributed by atoms with van der Waals surface area (Å²) in [5.74, 6) is 0.0153. The van der Waals surface area contributed by atoms with E-state index in [0.717, 1.165) is 22.4 Å². The van der Waals surface area contributed by atoms with Crippen molar-refractivity contribution < 1.29 is 19.1 Å². The van der Waals surface area contributed by atoms with Gasteiger partial charge < -0.3 is 14.2 Å². The number of hydrogen-bond donors (Lipinski definition) is 0. The Morgan fingerprint density at radius 2 is 1.69 bits per heavy atom. The van der Waals surface area contributed by atoms with Crippen molar-refractivity contribution in [1.82, 2.24) is 0 Å². The normalized spacial score (nSPS) is 17.7. The molecule has 0 amide bonds. The van der Waals surface area contributed by atoms with E-state index in [1.807, 2.05) is 60.7 Å². The number of fused-ring (bicyclic) bond motifs is 1. The van der Waals surface area contributed by atoms with Gasteiger partial charge >= 0.3 is 0 Å². The van der Waals surface area contributed by atoms with Crippen molar-refractivity contribution in [2.24, 2.45) is 0 Å². The molecule has 1 aliphatic heterocycles. The van der Waals surface area contributed by atoms with E-state index in [1.54, 1.807) is 20.3 Å².